The van der Waals surface area contributed by atoms with Crippen LogP contribution in [-0.2, 0) is 32.3 Å². The first kappa shape index (κ1) is 31.4. The Balaban J connectivity index is 1.75. The van der Waals surface area contributed by atoms with Gasteiger partial charge in [-0.1, -0.05) is 87.9 Å². The number of hydrogen-bond acceptors (Lipinski definition) is 7. The normalized spacial score (nSPS) is 12.5. The second-order valence-electron chi connectivity index (χ2n) is 8.79. The number of alkyl carbamates (subject to hydrolysis) is 2. The summed E-state index contributed by atoms with van der Waals surface area (Å²) in [6.45, 7) is 5.31. The Morgan fingerprint density at radius 2 is 1.12 bits per heavy atom. The van der Waals surface area contributed by atoms with Gasteiger partial charge in [-0.25, -0.2) is 25.2 Å². The van der Waals surface area contributed by atoms with E-state index in [1.165, 1.54) is 0 Å². The quantitative estimate of drug-likeness (QED) is 0.230. The van der Waals surface area contributed by atoms with Crippen molar-refractivity contribution in [3.63, 3.8) is 0 Å². The van der Waals surface area contributed by atoms with Gasteiger partial charge in [-0.2, -0.15) is 0 Å². The van der Waals surface area contributed by atoms with E-state index in [4.69, 9.17) is 9.47 Å². The number of amides is 6. The number of ether oxygens (including phenoxy) is 2. The van der Waals surface area contributed by atoms with Gasteiger partial charge in [0.25, 0.3) is 11.8 Å². The molecule has 0 aliphatic rings. The number of carbonyl (C=O) groups excluding carboxylic acids is 5. The molecule has 3 unspecified atom stereocenters. The van der Waals surface area contributed by atoms with Gasteiger partial charge in [-0.05, 0) is 23.5 Å². The number of rotatable bonds is 11. The summed E-state index contributed by atoms with van der Waals surface area (Å²) < 4.78 is 10.3. The van der Waals surface area contributed by atoms with Crippen LogP contribution in [0.4, 0.5) is 14.4 Å². The zero-order chi connectivity index (χ0) is 29.3. The van der Waals surface area contributed by atoms with Crippen LogP contribution >= 0.6 is 0 Å². The largest absolute Gasteiger partial charge is 0.445 e. The van der Waals surface area contributed by atoms with Crippen LogP contribution in [0.25, 0.3) is 0 Å². The van der Waals surface area contributed by atoms with Crippen LogP contribution in [0.2, 0.25) is 0 Å². The highest BCUT2D eigenvalue weighted by atomic mass is 16.6. The predicted molar refractivity (Wildman–Crippen MR) is 145 cm³/mol. The van der Waals surface area contributed by atoms with Crippen LogP contribution < -0.4 is 32.3 Å². The van der Waals surface area contributed by atoms with Crippen LogP contribution in [-0.4, -0.2) is 42.1 Å². The van der Waals surface area contributed by atoms with Crippen LogP contribution in [0.1, 0.15) is 44.7 Å². The average molecular weight is 557 g/mol. The molecule has 216 valence electrons. The summed E-state index contributed by atoms with van der Waals surface area (Å²) in [5, 5.41) is 4.92. The first-order chi connectivity index (χ1) is 19.2. The van der Waals surface area contributed by atoms with Gasteiger partial charge in [0.2, 0.25) is 0 Å². The second kappa shape index (κ2) is 16.9. The molecule has 0 saturated carbocycles. The molecule has 0 aromatic heterocycles. The molecule has 0 bridgehead atoms. The first-order valence-electron chi connectivity index (χ1n) is 12.8. The van der Waals surface area contributed by atoms with E-state index in [9.17, 15) is 24.0 Å². The SMILES string of the molecule is CCC(NC(=O)OCc1ccccc1)C(=O)NNC(=O)NNC(=O)C(NC(=O)OCc1ccccc1)C(C)CC. The Hall–Kier alpha value is -4.81. The predicted octanol–water partition coefficient (Wildman–Crippen LogP) is 2.39. The van der Waals surface area contributed by atoms with Crippen molar-refractivity contribution < 1.29 is 33.4 Å². The molecule has 2 rings (SSSR count). The van der Waals surface area contributed by atoms with E-state index in [1.54, 1.807) is 50.2 Å². The van der Waals surface area contributed by atoms with Crippen molar-refractivity contribution in [3.05, 3.63) is 71.8 Å². The lowest BCUT2D eigenvalue weighted by Gasteiger charge is -2.23. The van der Waals surface area contributed by atoms with Gasteiger partial charge >= 0.3 is 18.2 Å². The van der Waals surface area contributed by atoms with Crippen molar-refractivity contribution in [2.45, 2.75) is 58.9 Å². The van der Waals surface area contributed by atoms with Crippen molar-refractivity contribution in [1.82, 2.24) is 32.3 Å². The van der Waals surface area contributed by atoms with Crippen LogP contribution in [0.15, 0.2) is 60.7 Å². The van der Waals surface area contributed by atoms with Crippen molar-refractivity contribution >= 4 is 30.0 Å². The van der Waals surface area contributed by atoms with Crippen LogP contribution in [0.5, 0.6) is 0 Å². The van der Waals surface area contributed by atoms with Crippen molar-refractivity contribution in [2.24, 2.45) is 5.92 Å². The van der Waals surface area contributed by atoms with Gasteiger partial charge in [0.05, 0.1) is 0 Å². The lowest BCUT2D eigenvalue weighted by Crippen LogP contribution is -2.59. The van der Waals surface area contributed by atoms with Gasteiger partial charge in [-0.3, -0.25) is 20.4 Å². The van der Waals surface area contributed by atoms with Gasteiger partial charge in [0.1, 0.15) is 25.3 Å². The zero-order valence-electron chi connectivity index (χ0n) is 22.7. The summed E-state index contributed by atoms with van der Waals surface area (Å²) in [5.74, 6) is -1.69. The molecule has 6 amide bonds. The highest BCUT2D eigenvalue weighted by Gasteiger charge is 2.27. The van der Waals surface area contributed by atoms with E-state index in [-0.39, 0.29) is 25.6 Å². The minimum atomic E-state index is -1.00. The minimum Gasteiger partial charge on any atom is -0.445 e. The topological polar surface area (TPSA) is 176 Å². The first-order valence-corrected chi connectivity index (χ1v) is 12.8. The third-order valence-corrected chi connectivity index (χ3v) is 5.81. The highest BCUT2D eigenvalue weighted by Crippen LogP contribution is 2.09. The molecule has 0 heterocycles. The maximum absolute atomic E-state index is 12.7. The molecule has 2 aromatic rings. The van der Waals surface area contributed by atoms with Gasteiger partial charge in [-0.15, -0.1) is 0 Å². The fourth-order valence-corrected chi connectivity index (χ4v) is 3.29. The summed E-state index contributed by atoms with van der Waals surface area (Å²) in [5.41, 5.74) is 10.1. The molecule has 0 saturated heterocycles. The molecule has 0 fully saturated rings. The number of urea groups is 1. The molecule has 0 spiro atoms. The summed E-state index contributed by atoms with van der Waals surface area (Å²) in [6.07, 6.45) is -0.817. The summed E-state index contributed by atoms with van der Waals surface area (Å²) in [4.78, 5) is 61.4. The fourth-order valence-electron chi connectivity index (χ4n) is 3.29. The fraction of sp³-hybridized carbons (Fsp3) is 0.370. The molecule has 40 heavy (non-hydrogen) atoms. The highest BCUT2D eigenvalue weighted by molar-refractivity contribution is 5.89. The number of carbonyl (C=O) groups is 5. The van der Waals surface area contributed by atoms with Gasteiger partial charge in [0.15, 0.2) is 0 Å². The number of hydrogen-bond donors (Lipinski definition) is 6. The number of benzene rings is 2. The lowest BCUT2D eigenvalue weighted by atomic mass is 9.99. The van der Waals surface area contributed by atoms with Crippen molar-refractivity contribution in [3.8, 4) is 0 Å². The molecule has 3 atom stereocenters. The molecule has 0 aliphatic carbocycles. The molecule has 0 radical (unpaired) electrons. The Morgan fingerprint density at radius 3 is 1.60 bits per heavy atom. The minimum absolute atomic E-state index is 0.0280. The number of hydrazine groups is 2. The molecular formula is C27H36N6O7. The molecule has 2 aromatic carbocycles. The smallest absolute Gasteiger partial charge is 0.408 e. The number of nitrogens with one attached hydrogen (secondary N) is 6. The monoisotopic (exact) mass is 556 g/mol. The maximum atomic E-state index is 12.7. The van der Waals surface area contributed by atoms with Crippen LogP contribution in [0.3, 0.4) is 0 Å². The van der Waals surface area contributed by atoms with E-state index in [0.717, 1.165) is 11.1 Å². The summed E-state index contributed by atoms with van der Waals surface area (Å²) in [6, 6.07) is 15.1. The third kappa shape index (κ3) is 11.3. The van der Waals surface area contributed by atoms with Crippen LogP contribution in [0, 0.1) is 5.92 Å². The van der Waals surface area contributed by atoms with Crippen molar-refractivity contribution in [1.29, 1.82) is 0 Å². The third-order valence-electron chi connectivity index (χ3n) is 5.81. The maximum Gasteiger partial charge on any atom is 0.408 e. The lowest BCUT2D eigenvalue weighted by molar-refractivity contribution is -0.125. The standard InChI is InChI=1S/C27H36N6O7/c1-4-18(3)22(29-27(38)40-17-20-14-10-7-11-15-20)24(35)31-33-25(36)32-30-23(34)21(5-2)28-26(37)39-16-19-12-8-6-9-13-19/h6-15,18,21-22H,4-5,16-17H2,1-3H3,(H,28,37)(H,29,38)(H,30,34)(H,31,35)(H2,32,33,36). The Bertz CT molecular complexity index is 1120. The summed E-state index contributed by atoms with van der Waals surface area (Å²) >= 11 is 0. The molecule has 13 nitrogen and oxygen atoms in total. The zero-order valence-corrected chi connectivity index (χ0v) is 22.7. The molecule has 6 N–H and O–H groups in total. The van der Waals surface area contributed by atoms with E-state index < -0.39 is 42.1 Å². The van der Waals surface area contributed by atoms with E-state index >= 15 is 0 Å². The Kier molecular flexibility index (Phi) is 13.3. The summed E-state index contributed by atoms with van der Waals surface area (Å²) in [7, 11) is 0. The molecule has 13 heteroatoms. The Morgan fingerprint density at radius 1 is 0.650 bits per heavy atom. The Labute approximate surface area is 232 Å². The van der Waals surface area contributed by atoms with E-state index in [2.05, 4.69) is 32.3 Å². The van der Waals surface area contributed by atoms with E-state index in [1.807, 2.05) is 31.2 Å². The van der Waals surface area contributed by atoms with Crippen molar-refractivity contribution in [2.75, 3.05) is 0 Å². The molecular weight excluding hydrogens is 520 g/mol. The average Bonchev–Trinajstić information content (AvgIpc) is 2.98. The second-order valence-corrected chi connectivity index (χ2v) is 8.79. The van der Waals surface area contributed by atoms with Gasteiger partial charge in [0, 0.05) is 0 Å². The molecule has 0 aliphatic heterocycles. The van der Waals surface area contributed by atoms with Gasteiger partial charge < -0.3 is 20.1 Å². The van der Waals surface area contributed by atoms with E-state index in [0.29, 0.717) is 6.42 Å².